The van der Waals surface area contributed by atoms with Crippen LogP contribution in [0.15, 0.2) is 39.9 Å². The Labute approximate surface area is 157 Å². The summed E-state index contributed by atoms with van der Waals surface area (Å²) in [7, 11) is 0. The summed E-state index contributed by atoms with van der Waals surface area (Å²) in [6.45, 7) is 4.44. The van der Waals surface area contributed by atoms with Gasteiger partial charge in [-0.1, -0.05) is 11.6 Å². The number of nitrogens with zero attached hydrogens (tertiary/aromatic N) is 1. The van der Waals surface area contributed by atoms with E-state index in [0.29, 0.717) is 0 Å². The number of guanidine groups is 1. The van der Waals surface area contributed by atoms with Crippen molar-refractivity contribution in [2.75, 3.05) is 19.6 Å². The Hall–Kier alpha value is -0.730. The fraction of sp³-hybridized carbons (Fsp3) is 0.400. The Morgan fingerprint density at radius 2 is 2.14 bits per heavy atom. The molecule has 0 spiro atoms. The second-order valence-electron chi connectivity index (χ2n) is 4.47. The summed E-state index contributed by atoms with van der Waals surface area (Å²) < 4.78 is 6.14. The van der Waals surface area contributed by atoms with Gasteiger partial charge in [0.05, 0.1) is 10.6 Å². The van der Waals surface area contributed by atoms with Gasteiger partial charge < -0.3 is 15.1 Å². The molecule has 0 aliphatic carbocycles. The number of thiophene rings is 1. The first-order valence-electron chi connectivity index (χ1n) is 7.06. The van der Waals surface area contributed by atoms with Gasteiger partial charge in [0.2, 0.25) is 0 Å². The van der Waals surface area contributed by atoms with Gasteiger partial charge in [0.1, 0.15) is 5.76 Å². The highest BCUT2D eigenvalue weighted by Gasteiger charge is 2.00. The van der Waals surface area contributed by atoms with Crippen LogP contribution >= 0.6 is 46.9 Å². The van der Waals surface area contributed by atoms with Crippen LogP contribution in [0.3, 0.4) is 0 Å². The third-order valence-corrected chi connectivity index (χ3v) is 4.14. The Morgan fingerprint density at radius 3 is 2.77 bits per heavy atom. The van der Waals surface area contributed by atoms with Crippen molar-refractivity contribution in [3.63, 3.8) is 0 Å². The molecule has 0 atom stereocenters. The minimum atomic E-state index is 0. The van der Waals surface area contributed by atoms with Crippen molar-refractivity contribution < 1.29 is 4.42 Å². The van der Waals surface area contributed by atoms with Gasteiger partial charge in [0.15, 0.2) is 5.96 Å². The van der Waals surface area contributed by atoms with E-state index in [1.807, 2.05) is 18.2 Å². The van der Waals surface area contributed by atoms with Crippen LogP contribution in [0.25, 0.3) is 0 Å². The zero-order chi connectivity index (χ0) is 14.9. The van der Waals surface area contributed by atoms with E-state index in [4.69, 9.17) is 16.0 Å². The maximum Gasteiger partial charge on any atom is 0.191 e. The van der Waals surface area contributed by atoms with Crippen molar-refractivity contribution in [3.8, 4) is 0 Å². The molecule has 0 saturated carbocycles. The molecule has 2 N–H and O–H groups in total. The van der Waals surface area contributed by atoms with Gasteiger partial charge in [-0.15, -0.1) is 35.3 Å². The third kappa shape index (κ3) is 7.02. The molecule has 0 unspecified atom stereocenters. The van der Waals surface area contributed by atoms with Crippen molar-refractivity contribution in [2.45, 2.75) is 19.8 Å². The second-order valence-corrected chi connectivity index (χ2v) is 6.27. The van der Waals surface area contributed by atoms with E-state index in [9.17, 15) is 0 Å². The Morgan fingerprint density at radius 1 is 1.27 bits per heavy atom. The molecule has 0 radical (unpaired) electrons. The van der Waals surface area contributed by atoms with Crippen LogP contribution < -0.4 is 10.6 Å². The first kappa shape index (κ1) is 19.3. The summed E-state index contributed by atoms with van der Waals surface area (Å²) in [5.41, 5.74) is 0. The number of hydrogen-bond donors (Lipinski definition) is 2. The van der Waals surface area contributed by atoms with Gasteiger partial charge in [-0.3, -0.25) is 4.99 Å². The van der Waals surface area contributed by atoms with Crippen LogP contribution in [0.2, 0.25) is 4.34 Å². The molecule has 4 nitrogen and oxygen atoms in total. The average Bonchev–Trinajstić information content (AvgIpc) is 3.11. The summed E-state index contributed by atoms with van der Waals surface area (Å²) in [4.78, 5) is 5.82. The Bertz CT molecular complexity index is 557. The number of hydrogen-bond acceptors (Lipinski definition) is 3. The summed E-state index contributed by atoms with van der Waals surface area (Å²) >= 11 is 7.53. The highest BCUT2D eigenvalue weighted by Crippen LogP contribution is 2.21. The van der Waals surface area contributed by atoms with Gasteiger partial charge in [-0.25, -0.2) is 0 Å². The first-order chi connectivity index (χ1) is 10.3. The topological polar surface area (TPSA) is 49.6 Å². The zero-order valence-electron chi connectivity index (χ0n) is 12.5. The number of rotatable bonds is 7. The van der Waals surface area contributed by atoms with Gasteiger partial charge >= 0.3 is 0 Å². The third-order valence-electron chi connectivity index (χ3n) is 2.85. The molecule has 2 rings (SSSR count). The molecule has 0 saturated heterocycles. The van der Waals surface area contributed by atoms with Gasteiger partial charge in [0.25, 0.3) is 0 Å². The molecular weight excluding hydrogens is 433 g/mol. The smallest absolute Gasteiger partial charge is 0.191 e. The molecule has 2 aromatic heterocycles. The molecule has 0 aliphatic heterocycles. The summed E-state index contributed by atoms with van der Waals surface area (Å²) in [6.07, 6.45) is 3.45. The van der Waals surface area contributed by atoms with Crippen molar-refractivity contribution >= 4 is 52.9 Å². The molecule has 2 heterocycles. The molecule has 22 heavy (non-hydrogen) atoms. The van der Waals surface area contributed by atoms with Crippen molar-refractivity contribution in [3.05, 3.63) is 45.5 Å². The normalized spacial score (nSPS) is 11.1. The van der Waals surface area contributed by atoms with E-state index in [-0.39, 0.29) is 24.0 Å². The molecule has 2 aromatic rings. The van der Waals surface area contributed by atoms with Crippen molar-refractivity contribution in [1.82, 2.24) is 10.6 Å². The fourth-order valence-corrected chi connectivity index (χ4v) is 2.94. The highest BCUT2D eigenvalue weighted by molar-refractivity contribution is 14.0. The Balaban J connectivity index is 0.00000242. The predicted octanol–water partition coefficient (Wildman–Crippen LogP) is 3.95. The first-order valence-corrected chi connectivity index (χ1v) is 8.26. The molecule has 0 aliphatic rings. The monoisotopic (exact) mass is 453 g/mol. The highest BCUT2D eigenvalue weighted by atomic mass is 127. The largest absolute Gasteiger partial charge is 0.469 e. The van der Waals surface area contributed by atoms with E-state index >= 15 is 0 Å². The van der Waals surface area contributed by atoms with Crippen molar-refractivity contribution in [2.24, 2.45) is 4.99 Å². The molecule has 0 amide bonds. The number of aliphatic imine (C=N–C) groups is 1. The molecule has 7 heteroatoms. The summed E-state index contributed by atoms with van der Waals surface area (Å²) in [6, 6.07) is 7.87. The fourth-order valence-electron chi connectivity index (χ4n) is 1.86. The molecule has 0 aromatic carbocycles. The average molecular weight is 454 g/mol. The lowest BCUT2D eigenvalue weighted by Crippen LogP contribution is -2.38. The van der Waals surface area contributed by atoms with Gasteiger partial charge in [-0.05, 0) is 31.2 Å². The van der Waals surface area contributed by atoms with E-state index < -0.39 is 0 Å². The minimum absolute atomic E-state index is 0. The summed E-state index contributed by atoms with van der Waals surface area (Å²) in [5, 5.41) is 6.55. The van der Waals surface area contributed by atoms with Crippen LogP contribution in [-0.4, -0.2) is 25.6 Å². The quantitative estimate of drug-likeness (QED) is 0.379. The molecule has 122 valence electrons. The number of nitrogens with one attached hydrogen (secondary N) is 2. The van der Waals surface area contributed by atoms with Crippen LogP contribution in [-0.2, 0) is 12.8 Å². The van der Waals surface area contributed by atoms with Crippen molar-refractivity contribution in [1.29, 1.82) is 0 Å². The second kappa shape index (κ2) is 10.9. The van der Waals surface area contributed by atoms with E-state index in [0.717, 1.165) is 48.5 Å². The van der Waals surface area contributed by atoms with Crippen LogP contribution in [0.4, 0.5) is 0 Å². The van der Waals surface area contributed by atoms with E-state index in [1.165, 1.54) is 4.88 Å². The van der Waals surface area contributed by atoms with Crippen LogP contribution in [0.5, 0.6) is 0 Å². The Kier molecular flexibility index (Phi) is 9.58. The maximum absolute atomic E-state index is 5.92. The SMILES string of the molecule is CCNC(=NCCc1ccc(Cl)s1)NCCc1ccco1.I. The summed E-state index contributed by atoms with van der Waals surface area (Å²) in [5.74, 6) is 1.82. The molecule has 0 fully saturated rings. The lowest BCUT2D eigenvalue weighted by molar-refractivity contribution is 0.507. The van der Waals surface area contributed by atoms with Gasteiger partial charge in [-0.2, -0.15) is 0 Å². The maximum atomic E-state index is 5.92. The standard InChI is InChI=1S/C15H20ClN3OS.HI/c1-2-17-15(18-9-7-12-4-3-11-20-12)19-10-8-13-5-6-14(16)21-13;/h3-6,11H,2,7-10H2,1H3,(H2,17,18,19);1H. The van der Waals surface area contributed by atoms with E-state index in [2.05, 4.69) is 28.6 Å². The minimum Gasteiger partial charge on any atom is -0.469 e. The molecular formula is C15H21ClIN3OS. The number of furan rings is 1. The lowest BCUT2D eigenvalue weighted by Gasteiger charge is -2.10. The van der Waals surface area contributed by atoms with Gasteiger partial charge in [0, 0.05) is 37.4 Å². The molecule has 0 bridgehead atoms. The van der Waals surface area contributed by atoms with E-state index in [1.54, 1.807) is 17.6 Å². The zero-order valence-corrected chi connectivity index (χ0v) is 16.4. The van der Waals surface area contributed by atoms with Crippen LogP contribution in [0.1, 0.15) is 17.6 Å². The lowest BCUT2D eigenvalue weighted by atomic mass is 10.3. The number of halogens is 2. The predicted molar refractivity (Wildman–Crippen MR) is 105 cm³/mol. The van der Waals surface area contributed by atoms with Crippen LogP contribution in [0, 0.1) is 0 Å².